The number of thiophene rings is 1. The molecule has 7 nitrogen and oxygen atoms in total. The zero-order valence-corrected chi connectivity index (χ0v) is 16.1. The fraction of sp³-hybridized carbons (Fsp3) is 0.111. The van der Waals surface area contributed by atoms with Crippen LogP contribution in [0.15, 0.2) is 42.5 Å². The van der Waals surface area contributed by atoms with Crippen LogP contribution in [-0.4, -0.2) is 31.1 Å². The Balaban J connectivity index is 1.55. The third-order valence-corrected chi connectivity index (χ3v) is 5.26. The Kier molecular flexibility index (Phi) is 4.51. The van der Waals surface area contributed by atoms with Gasteiger partial charge in [-0.15, -0.1) is 16.4 Å². The summed E-state index contributed by atoms with van der Waals surface area (Å²) in [7, 11) is 0. The summed E-state index contributed by atoms with van der Waals surface area (Å²) < 4.78 is 1.57. The largest absolute Gasteiger partial charge is 0.304 e. The van der Waals surface area contributed by atoms with Gasteiger partial charge in [0.05, 0.1) is 22.0 Å². The summed E-state index contributed by atoms with van der Waals surface area (Å²) in [5.41, 5.74) is 2.43. The number of rotatable bonds is 4. The van der Waals surface area contributed by atoms with Crippen molar-refractivity contribution in [3.05, 3.63) is 63.8 Å². The van der Waals surface area contributed by atoms with Crippen molar-refractivity contribution in [1.29, 1.82) is 0 Å². The van der Waals surface area contributed by atoms with Gasteiger partial charge in [-0.1, -0.05) is 22.9 Å². The van der Waals surface area contributed by atoms with Crippen LogP contribution in [0.5, 0.6) is 0 Å². The van der Waals surface area contributed by atoms with Crippen molar-refractivity contribution in [2.75, 3.05) is 5.32 Å². The lowest BCUT2D eigenvalue weighted by atomic mass is 10.3. The molecule has 0 fully saturated rings. The lowest BCUT2D eigenvalue weighted by molar-refractivity contribution is 0.102. The first-order chi connectivity index (χ1) is 13.0. The van der Waals surface area contributed by atoms with Crippen molar-refractivity contribution < 1.29 is 4.79 Å². The number of carbonyl (C=O) groups excluding carboxylic acids is 1. The summed E-state index contributed by atoms with van der Waals surface area (Å²) in [5, 5.41) is 18.5. The van der Waals surface area contributed by atoms with Crippen molar-refractivity contribution >= 4 is 34.7 Å². The second kappa shape index (κ2) is 6.98. The molecule has 3 heterocycles. The number of amides is 1. The summed E-state index contributed by atoms with van der Waals surface area (Å²) in [6.45, 7) is 3.82. The Labute approximate surface area is 164 Å². The molecule has 0 bridgehead atoms. The Morgan fingerprint density at radius 3 is 2.81 bits per heavy atom. The number of benzene rings is 1. The summed E-state index contributed by atoms with van der Waals surface area (Å²) in [5.74, 6) is 0.0546. The molecule has 0 atom stereocenters. The van der Waals surface area contributed by atoms with E-state index in [2.05, 4.69) is 25.8 Å². The first-order valence-corrected chi connectivity index (χ1v) is 9.32. The number of anilines is 1. The second-order valence-electron chi connectivity index (χ2n) is 5.95. The van der Waals surface area contributed by atoms with Gasteiger partial charge in [-0.25, -0.2) is 4.68 Å². The fourth-order valence-electron chi connectivity index (χ4n) is 2.66. The van der Waals surface area contributed by atoms with E-state index >= 15 is 0 Å². The zero-order valence-electron chi connectivity index (χ0n) is 14.5. The van der Waals surface area contributed by atoms with Crippen molar-refractivity contribution in [3.8, 4) is 16.3 Å². The number of aryl methyl sites for hydroxylation is 1. The summed E-state index contributed by atoms with van der Waals surface area (Å²) >= 11 is 7.68. The molecular formula is C18H15ClN6OS. The first kappa shape index (κ1) is 17.4. The Morgan fingerprint density at radius 2 is 2.07 bits per heavy atom. The minimum atomic E-state index is -0.374. The lowest BCUT2D eigenvalue weighted by Gasteiger charge is -2.04. The van der Waals surface area contributed by atoms with E-state index in [0.717, 1.165) is 16.3 Å². The molecule has 27 heavy (non-hydrogen) atoms. The molecule has 4 rings (SSSR count). The van der Waals surface area contributed by atoms with E-state index in [1.54, 1.807) is 41.1 Å². The van der Waals surface area contributed by atoms with E-state index in [1.807, 2.05) is 31.2 Å². The van der Waals surface area contributed by atoms with Gasteiger partial charge in [0, 0.05) is 16.0 Å². The number of nitrogens with one attached hydrogen (secondary N) is 2. The predicted octanol–water partition coefficient (Wildman–Crippen LogP) is 4.24. The third kappa shape index (κ3) is 3.49. The monoisotopic (exact) mass is 398 g/mol. The van der Waals surface area contributed by atoms with Crippen LogP contribution in [0, 0.1) is 13.8 Å². The number of nitrogens with zero attached hydrogens (tertiary/aromatic N) is 4. The van der Waals surface area contributed by atoms with Gasteiger partial charge in [-0.2, -0.15) is 5.10 Å². The van der Waals surface area contributed by atoms with Gasteiger partial charge in [0.15, 0.2) is 11.5 Å². The molecule has 0 aliphatic carbocycles. The number of H-pyrrole nitrogens is 1. The van der Waals surface area contributed by atoms with Crippen LogP contribution >= 0.6 is 22.9 Å². The topological polar surface area (TPSA) is 88.5 Å². The van der Waals surface area contributed by atoms with E-state index in [-0.39, 0.29) is 11.6 Å². The van der Waals surface area contributed by atoms with Gasteiger partial charge in [0.25, 0.3) is 5.91 Å². The van der Waals surface area contributed by atoms with Crippen molar-refractivity contribution in [2.24, 2.45) is 0 Å². The predicted molar refractivity (Wildman–Crippen MR) is 106 cm³/mol. The SMILES string of the molecule is Cc1ccc(-c2cc(NC(=O)c3nnn(-c4cccc(Cl)c4)c3C)n[nH]2)s1. The molecule has 4 aromatic rings. The quantitative estimate of drug-likeness (QED) is 0.538. The van der Waals surface area contributed by atoms with Gasteiger partial charge < -0.3 is 5.32 Å². The summed E-state index contributed by atoms with van der Waals surface area (Å²) in [6.07, 6.45) is 0. The van der Waals surface area contributed by atoms with Crippen LogP contribution < -0.4 is 5.32 Å². The number of halogens is 1. The highest BCUT2D eigenvalue weighted by molar-refractivity contribution is 7.15. The summed E-state index contributed by atoms with van der Waals surface area (Å²) in [4.78, 5) is 14.9. The maximum Gasteiger partial charge on any atom is 0.279 e. The van der Waals surface area contributed by atoms with Gasteiger partial charge in [0.2, 0.25) is 0 Å². The highest BCUT2D eigenvalue weighted by Gasteiger charge is 2.19. The standard InChI is InChI=1S/C18H15ClN6OS/c1-10-6-7-15(27-10)14-9-16(22-21-14)20-18(26)17-11(2)25(24-23-17)13-5-3-4-12(19)8-13/h3-9H,1-2H3,(H2,20,21,22,26). The van der Waals surface area contributed by atoms with Crippen LogP contribution in [0.25, 0.3) is 16.3 Å². The number of hydrogen-bond acceptors (Lipinski definition) is 5. The van der Waals surface area contributed by atoms with Gasteiger partial charge in [0.1, 0.15) is 0 Å². The van der Waals surface area contributed by atoms with Crippen LogP contribution in [0.4, 0.5) is 5.82 Å². The molecule has 0 aliphatic rings. The molecule has 0 saturated carbocycles. The van der Waals surface area contributed by atoms with E-state index in [4.69, 9.17) is 11.6 Å². The van der Waals surface area contributed by atoms with Gasteiger partial charge in [-0.3, -0.25) is 9.89 Å². The molecule has 1 amide bonds. The molecule has 3 aromatic heterocycles. The molecule has 2 N–H and O–H groups in total. The van der Waals surface area contributed by atoms with E-state index in [9.17, 15) is 4.79 Å². The Bertz CT molecular complexity index is 1130. The number of aromatic amines is 1. The maximum atomic E-state index is 12.6. The molecule has 1 aromatic carbocycles. The number of hydrogen-bond donors (Lipinski definition) is 2. The average molecular weight is 399 g/mol. The third-order valence-electron chi connectivity index (χ3n) is 3.99. The second-order valence-corrected chi connectivity index (χ2v) is 7.67. The molecular weight excluding hydrogens is 384 g/mol. The smallest absolute Gasteiger partial charge is 0.279 e. The molecule has 0 radical (unpaired) electrons. The van der Waals surface area contributed by atoms with Crippen molar-refractivity contribution in [1.82, 2.24) is 25.2 Å². The number of carbonyl (C=O) groups is 1. The molecule has 9 heteroatoms. The zero-order chi connectivity index (χ0) is 19.0. The van der Waals surface area contributed by atoms with E-state index < -0.39 is 0 Å². The lowest BCUT2D eigenvalue weighted by Crippen LogP contribution is -2.14. The Morgan fingerprint density at radius 1 is 1.22 bits per heavy atom. The van der Waals surface area contributed by atoms with E-state index in [0.29, 0.717) is 16.5 Å². The van der Waals surface area contributed by atoms with Gasteiger partial charge >= 0.3 is 0 Å². The van der Waals surface area contributed by atoms with Gasteiger partial charge in [-0.05, 0) is 44.2 Å². The molecule has 136 valence electrons. The fourth-order valence-corrected chi connectivity index (χ4v) is 3.68. The Hall–Kier alpha value is -2.97. The van der Waals surface area contributed by atoms with Crippen LogP contribution in [0.1, 0.15) is 21.1 Å². The molecule has 0 aliphatic heterocycles. The van der Waals surface area contributed by atoms with Crippen LogP contribution in [0.2, 0.25) is 5.02 Å². The number of aromatic nitrogens is 5. The van der Waals surface area contributed by atoms with Crippen molar-refractivity contribution in [3.63, 3.8) is 0 Å². The highest BCUT2D eigenvalue weighted by atomic mass is 35.5. The van der Waals surface area contributed by atoms with E-state index in [1.165, 1.54) is 4.88 Å². The molecule has 0 unspecified atom stereocenters. The van der Waals surface area contributed by atoms with Crippen LogP contribution in [-0.2, 0) is 0 Å². The minimum Gasteiger partial charge on any atom is -0.304 e. The maximum absolute atomic E-state index is 12.6. The highest BCUT2D eigenvalue weighted by Crippen LogP contribution is 2.27. The summed E-state index contributed by atoms with van der Waals surface area (Å²) in [6, 6.07) is 13.0. The van der Waals surface area contributed by atoms with Crippen LogP contribution in [0.3, 0.4) is 0 Å². The average Bonchev–Trinajstić information content (AvgIpc) is 3.35. The molecule has 0 spiro atoms. The molecule has 0 saturated heterocycles. The first-order valence-electron chi connectivity index (χ1n) is 8.13. The minimum absolute atomic E-state index is 0.228. The normalized spacial score (nSPS) is 10.9. The van der Waals surface area contributed by atoms with Crippen molar-refractivity contribution in [2.45, 2.75) is 13.8 Å².